The number of benzene rings is 3. The second-order valence-electron chi connectivity index (χ2n) is 8.32. The molecule has 9 nitrogen and oxygen atoms in total. The molecule has 3 aromatic rings. The number of para-hydroxylation sites is 1. The minimum Gasteiger partial charge on any atom is -0.495 e. The van der Waals surface area contributed by atoms with Gasteiger partial charge in [-0.2, -0.15) is 0 Å². The molecule has 0 aliphatic heterocycles. The van der Waals surface area contributed by atoms with Crippen molar-refractivity contribution in [1.82, 2.24) is 5.32 Å². The molecule has 3 rings (SSSR count). The van der Waals surface area contributed by atoms with Crippen LogP contribution < -0.4 is 26.0 Å². The Labute approximate surface area is 216 Å². The van der Waals surface area contributed by atoms with E-state index in [-0.39, 0.29) is 30.7 Å². The Kier molecular flexibility index (Phi) is 10.0. The number of nitrogens with one attached hydrogen (secondary N) is 4. The molecule has 0 aliphatic carbocycles. The molecule has 4 N–H and O–H groups in total. The molecule has 0 bridgehead atoms. The van der Waals surface area contributed by atoms with E-state index in [0.717, 1.165) is 22.5 Å². The van der Waals surface area contributed by atoms with Crippen molar-refractivity contribution in [2.45, 2.75) is 13.3 Å². The predicted octanol–water partition coefficient (Wildman–Crippen LogP) is 4.25. The van der Waals surface area contributed by atoms with Gasteiger partial charge in [0.25, 0.3) is 0 Å². The number of carbonyl (C=O) groups is 3. The summed E-state index contributed by atoms with van der Waals surface area (Å²) < 4.78 is 10.1. The molecule has 0 saturated heterocycles. The number of hydrogen-bond acceptors (Lipinski definition) is 7. The van der Waals surface area contributed by atoms with Gasteiger partial charge < -0.3 is 30.7 Å². The van der Waals surface area contributed by atoms with Gasteiger partial charge in [0.1, 0.15) is 5.75 Å². The Hall–Kier alpha value is -4.37. The molecule has 2 amide bonds. The van der Waals surface area contributed by atoms with Gasteiger partial charge in [-0.3, -0.25) is 4.79 Å². The van der Waals surface area contributed by atoms with Gasteiger partial charge in [0.2, 0.25) is 0 Å². The fourth-order valence-electron chi connectivity index (χ4n) is 3.59. The topological polar surface area (TPSA) is 118 Å². The number of anilines is 3. The quantitative estimate of drug-likeness (QED) is 0.215. The lowest BCUT2D eigenvalue weighted by atomic mass is 10.1. The van der Waals surface area contributed by atoms with Crippen LogP contribution in [0.15, 0.2) is 66.7 Å². The molecule has 0 radical (unpaired) electrons. The van der Waals surface area contributed by atoms with Crippen molar-refractivity contribution in [3.63, 3.8) is 0 Å². The van der Waals surface area contributed by atoms with Crippen LogP contribution in [0.4, 0.5) is 21.9 Å². The average Bonchev–Trinajstić information content (AvgIpc) is 2.90. The van der Waals surface area contributed by atoms with Crippen LogP contribution in [0.3, 0.4) is 0 Å². The summed E-state index contributed by atoms with van der Waals surface area (Å²) in [6.07, 6.45) is 0.238. The van der Waals surface area contributed by atoms with Crippen LogP contribution in [-0.2, 0) is 16.0 Å². The molecule has 0 aliphatic rings. The van der Waals surface area contributed by atoms with Gasteiger partial charge in [0, 0.05) is 30.9 Å². The predicted molar refractivity (Wildman–Crippen MR) is 145 cm³/mol. The summed E-state index contributed by atoms with van der Waals surface area (Å²) in [6.45, 7) is 3.35. The molecule has 0 aromatic heterocycles. The third-order valence-electron chi connectivity index (χ3n) is 5.57. The summed E-state index contributed by atoms with van der Waals surface area (Å²) in [5.74, 6) is 0.127. The fraction of sp³-hybridized carbons (Fsp3) is 0.250. The molecule has 9 heteroatoms. The molecule has 37 heavy (non-hydrogen) atoms. The van der Waals surface area contributed by atoms with Crippen LogP contribution in [0.2, 0.25) is 0 Å². The van der Waals surface area contributed by atoms with Crippen molar-refractivity contribution < 1.29 is 23.9 Å². The van der Waals surface area contributed by atoms with Gasteiger partial charge in [-0.25, -0.2) is 9.59 Å². The van der Waals surface area contributed by atoms with Crippen LogP contribution in [-0.4, -0.2) is 51.6 Å². The van der Waals surface area contributed by atoms with Gasteiger partial charge in [0.15, 0.2) is 5.78 Å². The maximum absolute atomic E-state index is 12.4. The Morgan fingerprint density at radius 2 is 1.57 bits per heavy atom. The molecule has 0 atom stereocenters. The maximum Gasteiger partial charge on any atom is 0.337 e. The van der Waals surface area contributed by atoms with Crippen molar-refractivity contribution in [3.8, 4) is 5.75 Å². The summed E-state index contributed by atoms with van der Waals surface area (Å²) in [6, 6.07) is 19.4. The van der Waals surface area contributed by atoms with Crippen LogP contribution in [0.5, 0.6) is 5.75 Å². The van der Waals surface area contributed by atoms with Crippen molar-refractivity contribution in [1.29, 1.82) is 0 Å². The van der Waals surface area contributed by atoms with Crippen LogP contribution in [0, 0.1) is 6.92 Å². The first-order valence-corrected chi connectivity index (χ1v) is 11.8. The smallest absolute Gasteiger partial charge is 0.337 e. The Bertz CT molecular complexity index is 1230. The first kappa shape index (κ1) is 27.2. The zero-order chi connectivity index (χ0) is 26.6. The summed E-state index contributed by atoms with van der Waals surface area (Å²) >= 11 is 0. The molecule has 0 heterocycles. The second-order valence-corrected chi connectivity index (χ2v) is 8.32. The molecule has 0 saturated carbocycles. The summed E-state index contributed by atoms with van der Waals surface area (Å²) in [5.41, 5.74) is 4.33. The number of hydrogen-bond donors (Lipinski definition) is 4. The zero-order valence-electron chi connectivity index (χ0n) is 21.2. The average molecular weight is 505 g/mol. The van der Waals surface area contributed by atoms with Crippen molar-refractivity contribution in [2.75, 3.05) is 49.8 Å². The van der Waals surface area contributed by atoms with E-state index in [1.807, 2.05) is 31.2 Å². The summed E-state index contributed by atoms with van der Waals surface area (Å²) in [5, 5.41) is 12.0. The molecule has 0 spiro atoms. The van der Waals surface area contributed by atoms with Gasteiger partial charge in [0.05, 0.1) is 32.0 Å². The summed E-state index contributed by atoms with van der Waals surface area (Å²) in [4.78, 5) is 36.3. The summed E-state index contributed by atoms with van der Waals surface area (Å²) in [7, 11) is 2.86. The lowest BCUT2D eigenvalue weighted by Gasteiger charge is -2.13. The number of urea groups is 1. The van der Waals surface area contributed by atoms with Gasteiger partial charge in [-0.05, 0) is 60.5 Å². The Balaban J connectivity index is 1.42. The van der Waals surface area contributed by atoms with E-state index >= 15 is 0 Å². The fourth-order valence-corrected chi connectivity index (χ4v) is 3.59. The van der Waals surface area contributed by atoms with Crippen LogP contribution >= 0.6 is 0 Å². The Morgan fingerprint density at radius 1 is 0.838 bits per heavy atom. The van der Waals surface area contributed by atoms with E-state index < -0.39 is 0 Å². The van der Waals surface area contributed by atoms with E-state index in [4.69, 9.17) is 4.74 Å². The molecule has 194 valence electrons. The number of Topliss-reactive ketones (excluding diaryl/α,β-unsaturated/α-hetero) is 1. The third-order valence-corrected chi connectivity index (χ3v) is 5.57. The normalized spacial score (nSPS) is 10.4. The van der Waals surface area contributed by atoms with E-state index in [1.54, 1.807) is 42.5 Å². The molecular weight excluding hydrogens is 472 g/mol. The van der Waals surface area contributed by atoms with E-state index in [1.165, 1.54) is 14.2 Å². The molecule has 3 aromatic carbocycles. The lowest BCUT2D eigenvalue weighted by Crippen LogP contribution is -2.28. The van der Waals surface area contributed by atoms with Gasteiger partial charge in [-0.1, -0.05) is 24.3 Å². The monoisotopic (exact) mass is 504 g/mol. The number of rotatable bonds is 12. The van der Waals surface area contributed by atoms with Crippen molar-refractivity contribution in [2.24, 2.45) is 0 Å². The van der Waals surface area contributed by atoms with Gasteiger partial charge in [-0.15, -0.1) is 0 Å². The minimum absolute atomic E-state index is 0.0301. The van der Waals surface area contributed by atoms with E-state index in [2.05, 4.69) is 26.0 Å². The number of carbonyl (C=O) groups excluding carboxylic acids is 3. The van der Waals surface area contributed by atoms with Crippen molar-refractivity contribution in [3.05, 3.63) is 83.4 Å². The zero-order valence-corrected chi connectivity index (χ0v) is 21.2. The highest BCUT2D eigenvalue weighted by atomic mass is 16.5. The molecular formula is C28H32N4O5. The first-order valence-electron chi connectivity index (χ1n) is 11.8. The minimum atomic E-state index is -0.381. The standard InChI is InChI=1S/C28H32N4O5/c1-19-6-4-5-7-24(19)31-28(35)32-25-13-8-20(17-26(25)36-2)16-23(33)18-29-14-15-30-22-11-9-21(10-12-22)27(34)37-3/h4-13,17,29-30H,14-16,18H2,1-3H3,(H2,31,32,35). The highest BCUT2D eigenvalue weighted by Gasteiger charge is 2.11. The van der Waals surface area contributed by atoms with E-state index in [9.17, 15) is 14.4 Å². The SMILES string of the molecule is COC(=O)c1ccc(NCCNCC(=O)Cc2ccc(NC(=O)Nc3ccccc3C)c(OC)c2)cc1. The van der Waals surface area contributed by atoms with Crippen molar-refractivity contribution >= 4 is 34.8 Å². The lowest BCUT2D eigenvalue weighted by molar-refractivity contribution is -0.117. The van der Waals surface area contributed by atoms with Gasteiger partial charge >= 0.3 is 12.0 Å². The van der Waals surface area contributed by atoms with Crippen LogP contribution in [0.1, 0.15) is 21.5 Å². The Morgan fingerprint density at radius 3 is 2.27 bits per heavy atom. The highest BCUT2D eigenvalue weighted by Crippen LogP contribution is 2.26. The molecule has 0 unspecified atom stereocenters. The molecule has 0 fully saturated rings. The first-order chi connectivity index (χ1) is 17.9. The van der Waals surface area contributed by atoms with Crippen LogP contribution in [0.25, 0.3) is 0 Å². The number of esters is 1. The number of amides is 2. The number of methoxy groups -OCH3 is 2. The third kappa shape index (κ3) is 8.36. The number of ketones is 1. The number of aryl methyl sites for hydroxylation is 1. The number of ether oxygens (including phenoxy) is 2. The van der Waals surface area contributed by atoms with E-state index in [0.29, 0.717) is 30.1 Å². The largest absolute Gasteiger partial charge is 0.495 e. The second kappa shape index (κ2) is 13.6. The highest BCUT2D eigenvalue weighted by molar-refractivity contribution is 6.01. The maximum atomic E-state index is 12.4.